The summed E-state index contributed by atoms with van der Waals surface area (Å²) in [6, 6.07) is 10.6. The molecule has 1 aromatic carbocycles. The van der Waals surface area contributed by atoms with E-state index in [1.165, 1.54) is 25.7 Å². The molecule has 0 atom stereocenters. The number of rotatable bonds is 3. The highest BCUT2D eigenvalue weighted by Crippen LogP contribution is 2.26. The Bertz CT molecular complexity index is 744. The number of nitrogens with one attached hydrogen (secondary N) is 1. The van der Waals surface area contributed by atoms with Gasteiger partial charge in [-0.1, -0.05) is 31.0 Å². The molecular weight excluding hydrogens is 262 g/mol. The van der Waals surface area contributed by atoms with Crippen molar-refractivity contribution in [3.05, 3.63) is 42.9 Å². The standard InChI is InChI=1S/C16H17N5/c1-2-8-13(9-3-1)21-16-14(10-19-21)15(17-11-18-16)20-12-6-4-5-7-12/h1-3,8-12H,4-7H2,(H,17,18,20). The van der Waals surface area contributed by atoms with E-state index in [0.717, 1.165) is 22.5 Å². The molecule has 4 rings (SSSR count). The van der Waals surface area contributed by atoms with Crippen LogP contribution in [0, 0.1) is 0 Å². The molecular formula is C16H17N5. The maximum Gasteiger partial charge on any atom is 0.168 e. The van der Waals surface area contributed by atoms with Gasteiger partial charge >= 0.3 is 0 Å². The molecule has 0 bridgehead atoms. The predicted molar refractivity (Wildman–Crippen MR) is 82.5 cm³/mol. The summed E-state index contributed by atoms with van der Waals surface area (Å²) in [5.41, 5.74) is 1.86. The number of nitrogens with zero attached hydrogens (tertiary/aromatic N) is 4. The number of para-hydroxylation sites is 1. The van der Waals surface area contributed by atoms with Crippen molar-refractivity contribution in [1.82, 2.24) is 19.7 Å². The van der Waals surface area contributed by atoms with Crippen LogP contribution >= 0.6 is 0 Å². The van der Waals surface area contributed by atoms with Gasteiger partial charge in [-0.3, -0.25) is 0 Å². The Kier molecular flexibility index (Phi) is 3.03. The average molecular weight is 279 g/mol. The summed E-state index contributed by atoms with van der Waals surface area (Å²) in [5.74, 6) is 0.897. The van der Waals surface area contributed by atoms with Crippen molar-refractivity contribution in [2.45, 2.75) is 31.7 Å². The molecule has 2 aromatic heterocycles. The van der Waals surface area contributed by atoms with Crippen molar-refractivity contribution in [1.29, 1.82) is 0 Å². The maximum atomic E-state index is 4.47. The number of hydrogen-bond donors (Lipinski definition) is 1. The Morgan fingerprint density at radius 1 is 1.05 bits per heavy atom. The van der Waals surface area contributed by atoms with Crippen molar-refractivity contribution < 1.29 is 0 Å². The second-order valence-corrected chi connectivity index (χ2v) is 5.48. The van der Waals surface area contributed by atoms with E-state index >= 15 is 0 Å². The van der Waals surface area contributed by atoms with Crippen LogP contribution in [0.3, 0.4) is 0 Å². The van der Waals surface area contributed by atoms with Gasteiger partial charge < -0.3 is 5.32 Å². The molecule has 1 fully saturated rings. The van der Waals surface area contributed by atoms with Crippen LogP contribution in [-0.2, 0) is 0 Å². The minimum absolute atomic E-state index is 0.531. The van der Waals surface area contributed by atoms with E-state index < -0.39 is 0 Å². The van der Waals surface area contributed by atoms with Crippen molar-refractivity contribution in [2.24, 2.45) is 0 Å². The molecule has 0 saturated heterocycles. The highest BCUT2D eigenvalue weighted by molar-refractivity contribution is 5.87. The van der Waals surface area contributed by atoms with Gasteiger partial charge in [0.05, 0.1) is 17.3 Å². The second kappa shape index (κ2) is 5.16. The van der Waals surface area contributed by atoms with Gasteiger partial charge in [0.1, 0.15) is 12.1 Å². The molecule has 106 valence electrons. The van der Waals surface area contributed by atoms with E-state index in [4.69, 9.17) is 0 Å². The Labute approximate surface area is 123 Å². The minimum Gasteiger partial charge on any atom is -0.367 e. The Hall–Kier alpha value is -2.43. The normalized spacial score (nSPS) is 15.6. The first kappa shape index (κ1) is 12.3. The summed E-state index contributed by atoms with van der Waals surface area (Å²) < 4.78 is 1.86. The van der Waals surface area contributed by atoms with E-state index in [0.29, 0.717) is 6.04 Å². The van der Waals surface area contributed by atoms with Gasteiger partial charge in [-0.05, 0) is 25.0 Å². The van der Waals surface area contributed by atoms with Gasteiger partial charge in [-0.15, -0.1) is 0 Å². The van der Waals surface area contributed by atoms with Crippen LogP contribution in [0.2, 0.25) is 0 Å². The molecule has 1 aliphatic rings. The summed E-state index contributed by atoms with van der Waals surface area (Å²) in [6.45, 7) is 0. The molecule has 1 aliphatic carbocycles. The fourth-order valence-corrected chi connectivity index (χ4v) is 2.98. The summed E-state index contributed by atoms with van der Waals surface area (Å²) in [6.07, 6.45) is 8.50. The third-order valence-electron chi connectivity index (χ3n) is 4.06. The van der Waals surface area contributed by atoms with Gasteiger partial charge in [0.25, 0.3) is 0 Å². The van der Waals surface area contributed by atoms with Crippen molar-refractivity contribution in [3.63, 3.8) is 0 Å². The molecule has 5 heteroatoms. The predicted octanol–water partition coefficient (Wildman–Crippen LogP) is 3.17. The van der Waals surface area contributed by atoms with Gasteiger partial charge in [0.15, 0.2) is 5.65 Å². The Morgan fingerprint density at radius 2 is 1.86 bits per heavy atom. The summed E-state index contributed by atoms with van der Waals surface area (Å²) >= 11 is 0. The van der Waals surface area contributed by atoms with Crippen molar-refractivity contribution >= 4 is 16.9 Å². The largest absolute Gasteiger partial charge is 0.367 e. The maximum absolute atomic E-state index is 4.47. The van der Waals surface area contributed by atoms with Gasteiger partial charge in [0.2, 0.25) is 0 Å². The molecule has 0 amide bonds. The van der Waals surface area contributed by atoms with Crippen LogP contribution < -0.4 is 5.32 Å². The average Bonchev–Trinajstić information content (AvgIpc) is 3.18. The third-order valence-corrected chi connectivity index (χ3v) is 4.06. The Balaban J connectivity index is 1.75. The first-order chi connectivity index (χ1) is 10.4. The molecule has 2 heterocycles. The second-order valence-electron chi connectivity index (χ2n) is 5.48. The molecule has 1 saturated carbocycles. The van der Waals surface area contributed by atoms with Crippen LogP contribution in [0.1, 0.15) is 25.7 Å². The third kappa shape index (κ3) is 2.24. The number of benzene rings is 1. The number of anilines is 1. The van der Waals surface area contributed by atoms with Crippen LogP contribution in [0.25, 0.3) is 16.7 Å². The molecule has 0 unspecified atom stereocenters. The Morgan fingerprint density at radius 3 is 2.67 bits per heavy atom. The summed E-state index contributed by atoms with van der Waals surface area (Å²) in [5, 5.41) is 9.00. The van der Waals surface area contributed by atoms with Crippen LogP contribution in [0.5, 0.6) is 0 Å². The van der Waals surface area contributed by atoms with E-state index in [1.54, 1.807) is 6.33 Å². The lowest BCUT2D eigenvalue weighted by atomic mass is 10.2. The molecule has 3 aromatic rings. The first-order valence-electron chi connectivity index (χ1n) is 7.42. The molecule has 0 aliphatic heterocycles. The molecule has 0 spiro atoms. The van der Waals surface area contributed by atoms with Crippen LogP contribution in [0.4, 0.5) is 5.82 Å². The van der Waals surface area contributed by atoms with Crippen molar-refractivity contribution in [3.8, 4) is 5.69 Å². The summed E-state index contributed by atoms with van der Waals surface area (Å²) in [4.78, 5) is 8.80. The smallest absolute Gasteiger partial charge is 0.168 e. The molecule has 21 heavy (non-hydrogen) atoms. The van der Waals surface area contributed by atoms with Gasteiger partial charge in [0, 0.05) is 6.04 Å². The van der Waals surface area contributed by atoms with E-state index in [1.807, 2.05) is 41.2 Å². The van der Waals surface area contributed by atoms with E-state index in [-0.39, 0.29) is 0 Å². The zero-order valence-electron chi connectivity index (χ0n) is 11.7. The van der Waals surface area contributed by atoms with E-state index in [9.17, 15) is 0 Å². The monoisotopic (exact) mass is 279 g/mol. The fraction of sp³-hybridized carbons (Fsp3) is 0.312. The molecule has 5 nitrogen and oxygen atoms in total. The topological polar surface area (TPSA) is 55.6 Å². The first-order valence-corrected chi connectivity index (χ1v) is 7.42. The summed E-state index contributed by atoms with van der Waals surface area (Å²) in [7, 11) is 0. The van der Waals surface area contributed by atoms with Gasteiger partial charge in [-0.25, -0.2) is 14.6 Å². The van der Waals surface area contributed by atoms with Crippen molar-refractivity contribution in [2.75, 3.05) is 5.32 Å². The fourth-order valence-electron chi connectivity index (χ4n) is 2.98. The molecule has 0 radical (unpaired) electrons. The highest BCUT2D eigenvalue weighted by atomic mass is 15.3. The highest BCUT2D eigenvalue weighted by Gasteiger charge is 2.17. The lowest BCUT2D eigenvalue weighted by Gasteiger charge is -2.12. The van der Waals surface area contributed by atoms with E-state index in [2.05, 4.69) is 20.4 Å². The minimum atomic E-state index is 0.531. The number of aromatic nitrogens is 4. The van der Waals surface area contributed by atoms with Crippen LogP contribution in [0.15, 0.2) is 42.9 Å². The number of hydrogen-bond acceptors (Lipinski definition) is 4. The SMILES string of the molecule is c1ccc(-n2ncc3c(NC4CCCC4)ncnc32)cc1. The van der Waals surface area contributed by atoms with Gasteiger partial charge in [-0.2, -0.15) is 5.10 Å². The van der Waals surface area contributed by atoms with Crippen LogP contribution in [-0.4, -0.2) is 25.8 Å². The zero-order chi connectivity index (χ0) is 14.1. The molecule has 1 N–H and O–H groups in total. The lowest BCUT2D eigenvalue weighted by molar-refractivity contribution is 0.751. The zero-order valence-corrected chi connectivity index (χ0v) is 11.7. The lowest BCUT2D eigenvalue weighted by Crippen LogP contribution is -2.15. The quantitative estimate of drug-likeness (QED) is 0.800. The number of fused-ring (bicyclic) bond motifs is 1.